The zero-order chi connectivity index (χ0) is 9.42. The standard InChI is InChI=1S/C12H15N/c1-9(2)13-7-6-11-5-4-10(3)8-12(11)13/h4-9H,1-3H3. The molecule has 0 N–H and O–H groups in total. The fourth-order valence-corrected chi connectivity index (χ4v) is 1.71. The molecule has 1 heteroatoms. The zero-order valence-electron chi connectivity index (χ0n) is 8.41. The zero-order valence-corrected chi connectivity index (χ0v) is 8.41. The summed E-state index contributed by atoms with van der Waals surface area (Å²) in [5.74, 6) is 0. The molecule has 0 atom stereocenters. The third kappa shape index (κ3) is 1.35. The molecule has 0 saturated carbocycles. The highest BCUT2D eigenvalue weighted by atomic mass is 15.0. The summed E-state index contributed by atoms with van der Waals surface area (Å²) < 4.78 is 2.31. The van der Waals surface area contributed by atoms with E-state index >= 15 is 0 Å². The Morgan fingerprint density at radius 3 is 2.62 bits per heavy atom. The van der Waals surface area contributed by atoms with E-state index < -0.39 is 0 Å². The molecule has 13 heavy (non-hydrogen) atoms. The van der Waals surface area contributed by atoms with Crippen LogP contribution in [0.25, 0.3) is 10.9 Å². The first-order valence-corrected chi connectivity index (χ1v) is 4.75. The average molecular weight is 173 g/mol. The number of hydrogen-bond acceptors (Lipinski definition) is 0. The van der Waals surface area contributed by atoms with Crippen LogP contribution in [0.15, 0.2) is 30.5 Å². The van der Waals surface area contributed by atoms with E-state index in [2.05, 4.69) is 55.8 Å². The van der Waals surface area contributed by atoms with E-state index in [0.29, 0.717) is 6.04 Å². The molecule has 0 spiro atoms. The summed E-state index contributed by atoms with van der Waals surface area (Å²) in [5.41, 5.74) is 2.67. The number of benzene rings is 1. The van der Waals surface area contributed by atoms with Gasteiger partial charge in [-0.3, -0.25) is 0 Å². The van der Waals surface area contributed by atoms with Crippen molar-refractivity contribution in [1.82, 2.24) is 4.57 Å². The van der Waals surface area contributed by atoms with Gasteiger partial charge in [0.25, 0.3) is 0 Å². The van der Waals surface area contributed by atoms with Gasteiger partial charge in [0.1, 0.15) is 0 Å². The predicted octanol–water partition coefficient (Wildman–Crippen LogP) is 3.53. The number of fused-ring (bicyclic) bond motifs is 1. The van der Waals surface area contributed by atoms with Gasteiger partial charge in [0.15, 0.2) is 0 Å². The van der Waals surface area contributed by atoms with E-state index in [0.717, 1.165) is 0 Å². The minimum atomic E-state index is 0.541. The van der Waals surface area contributed by atoms with Crippen LogP contribution in [-0.4, -0.2) is 4.57 Å². The average Bonchev–Trinajstić information content (AvgIpc) is 2.46. The van der Waals surface area contributed by atoms with Crippen molar-refractivity contribution in [2.24, 2.45) is 0 Å². The van der Waals surface area contributed by atoms with Crippen LogP contribution >= 0.6 is 0 Å². The van der Waals surface area contributed by atoms with E-state index in [1.165, 1.54) is 16.5 Å². The van der Waals surface area contributed by atoms with Crippen molar-refractivity contribution < 1.29 is 0 Å². The number of nitrogens with zero attached hydrogens (tertiary/aromatic N) is 1. The molecule has 1 heterocycles. The van der Waals surface area contributed by atoms with Crippen molar-refractivity contribution in [3.05, 3.63) is 36.0 Å². The molecule has 2 aromatic rings. The Morgan fingerprint density at radius 1 is 1.15 bits per heavy atom. The van der Waals surface area contributed by atoms with Crippen molar-refractivity contribution in [1.29, 1.82) is 0 Å². The predicted molar refractivity (Wildman–Crippen MR) is 57.1 cm³/mol. The molecule has 0 unspecified atom stereocenters. The monoisotopic (exact) mass is 173 g/mol. The van der Waals surface area contributed by atoms with Crippen molar-refractivity contribution in [2.75, 3.05) is 0 Å². The van der Waals surface area contributed by atoms with E-state index in [4.69, 9.17) is 0 Å². The Bertz CT molecular complexity index is 424. The molecule has 0 fully saturated rings. The highest BCUT2D eigenvalue weighted by Crippen LogP contribution is 2.20. The van der Waals surface area contributed by atoms with Crippen LogP contribution < -0.4 is 0 Å². The second kappa shape index (κ2) is 2.91. The van der Waals surface area contributed by atoms with Crippen LogP contribution in [-0.2, 0) is 0 Å². The fraction of sp³-hybridized carbons (Fsp3) is 0.333. The van der Waals surface area contributed by atoms with Crippen LogP contribution in [0.2, 0.25) is 0 Å². The summed E-state index contributed by atoms with van der Waals surface area (Å²) in [6.07, 6.45) is 2.16. The third-order valence-electron chi connectivity index (χ3n) is 2.44. The van der Waals surface area contributed by atoms with Gasteiger partial charge >= 0.3 is 0 Å². The van der Waals surface area contributed by atoms with Gasteiger partial charge in [-0.2, -0.15) is 0 Å². The molecule has 0 radical (unpaired) electrons. The molecule has 1 nitrogen and oxygen atoms in total. The number of rotatable bonds is 1. The van der Waals surface area contributed by atoms with E-state index in [-0.39, 0.29) is 0 Å². The summed E-state index contributed by atoms with van der Waals surface area (Å²) in [6, 6.07) is 9.31. The summed E-state index contributed by atoms with van der Waals surface area (Å²) >= 11 is 0. The molecule has 0 aliphatic heterocycles. The van der Waals surface area contributed by atoms with E-state index in [1.54, 1.807) is 0 Å². The van der Waals surface area contributed by atoms with Crippen molar-refractivity contribution in [3.8, 4) is 0 Å². The molecule has 0 aliphatic carbocycles. The number of aromatic nitrogens is 1. The fourth-order valence-electron chi connectivity index (χ4n) is 1.71. The Balaban J connectivity index is 2.71. The van der Waals surface area contributed by atoms with Gasteiger partial charge < -0.3 is 4.57 Å². The minimum absolute atomic E-state index is 0.541. The molecule has 2 rings (SSSR count). The topological polar surface area (TPSA) is 4.93 Å². The van der Waals surface area contributed by atoms with E-state index in [1.807, 2.05) is 0 Å². The van der Waals surface area contributed by atoms with Gasteiger partial charge in [-0.15, -0.1) is 0 Å². The SMILES string of the molecule is Cc1ccc2ccn(C(C)C)c2c1. The van der Waals surface area contributed by atoms with Crippen molar-refractivity contribution >= 4 is 10.9 Å². The number of aryl methyl sites for hydroxylation is 1. The second-order valence-electron chi connectivity index (χ2n) is 3.88. The third-order valence-corrected chi connectivity index (χ3v) is 2.44. The van der Waals surface area contributed by atoms with Gasteiger partial charge in [0.2, 0.25) is 0 Å². The Labute approximate surface area is 79.0 Å². The van der Waals surface area contributed by atoms with Gasteiger partial charge in [0.05, 0.1) is 0 Å². The maximum Gasteiger partial charge on any atom is 0.0485 e. The summed E-state index contributed by atoms with van der Waals surface area (Å²) in [7, 11) is 0. The first-order chi connectivity index (χ1) is 6.18. The highest BCUT2D eigenvalue weighted by Gasteiger charge is 2.02. The Morgan fingerprint density at radius 2 is 1.92 bits per heavy atom. The Hall–Kier alpha value is -1.24. The molecule has 0 aliphatic rings. The van der Waals surface area contributed by atoms with Crippen LogP contribution in [0, 0.1) is 6.92 Å². The molecule has 1 aromatic heterocycles. The summed E-state index contributed by atoms with van der Waals surface area (Å²) in [6.45, 7) is 6.56. The van der Waals surface area contributed by atoms with Gasteiger partial charge in [-0.1, -0.05) is 12.1 Å². The van der Waals surface area contributed by atoms with Crippen molar-refractivity contribution in [3.63, 3.8) is 0 Å². The van der Waals surface area contributed by atoms with E-state index in [9.17, 15) is 0 Å². The molecular weight excluding hydrogens is 158 g/mol. The van der Waals surface area contributed by atoms with Crippen LogP contribution in [0.3, 0.4) is 0 Å². The van der Waals surface area contributed by atoms with Gasteiger partial charge in [-0.25, -0.2) is 0 Å². The molecule has 0 amide bonds. The van der Waals surface area contributed by atoms with Crippen LogP contribution in [0.4, 0.5) is 0 Å². The lowest BCUT2D eigenvalue weighted by atomic mass is 10.2. The first-order valence-electron chi connectivity index (χ1n) is 4.75. The van der Waals surface area contributed by atoms with Crippen molar-refractivity contribution in [2.45, 2.75) is 26.8 Å². The molecule has 0 saturated heterocycles. The van der Waals surface area contributed by atoms with Gasteiger partial charge in [0, 0.05) is 17.8 Å². The highest BCUT2D eigenvalue weighted by molar-refractivity contribution is 5.80. The first kappa shape index (κ1) is 8.36. The lowest BCUT2D eigenvalue weighted by Crippen LogP contribution is -1.97. The molecule has 1 aromatic carbocycles. The lowest BCUT2D eigenvalue weighted by Gasteiger charge is -2.09. The quantitative estimate of drug-likeness (QED) is 0.621. The maximum atomic E-state index is 2.31. The largest absolute Gasteiger partial charge is 0.345 e. The second-order valence-corrected chi connectivity index (χ2v) is 3.88. The molecular formula is C12H15N. The molecule has 68 valence electrons. The maximum absolute atomic E-state index is 2.31. The minimum Gasteiger partial charge on any atom is -0.345 e. The van der Waals surface area contributed by atoms with Crippen LogP contribution in [0.1, 0.15) is 25.5 Å². The summed E-state index contributed by atoms with van der Waals surface area (Å²) in [4.78, 5) is 0. The van der Waals surface area contributed by atoms with Gasteiger partial charge in [-0.05, 0) is 43.9 Å². The van der Waals surface area contributed by atoms with Crippen LogP contribution in [0.5, 0.6) is 0 Å². The molecule has 0 bridgehead atoms. The number of hydrogen-bond donors (Lipinski definition) is 0. The normalized spacial score (nSPS) is 11.4. The summed E-state index contributed by atoms with van der Waals surface area (Å²) in [5, 5.41) is 1.33. The Kier molecular flexibility index (Phi) is 1.87. The smallest absolute Gasteiger partial charge is 0.0485 e. The lowest BCUT2D eigenvalue weighted by molar-refractivity contribution is 0.623.